The predicted molar refractivity (Wildman–Crippen MR) is 137 cm³/mol. The van der Waals surface area contributed by atoms with Crippen molar-refractivity contribution in [2.75, 3.05) is 6.61 Å². The Bertz CT molecular complexity index is 988. The first-order valence-corrected chi connectivity index (χ1v) is 12.0. The van der Waals surface area contributed by atoms with Gasteiger partial charge in [-0.3, -0.25) is 9.59 Å². The number of amides is 1. The van der Waals surface area contributed by atoms with E-state index in [0.29, 0.717) is 5.92 Å². The van der Waals surface area contributed by atoms with E-state index < -0.39 is 48.8 Å². The average Bonchev–Trinajstić information content (AvgIpc) is 2.88. The molecule has 2 rings (SSSR count). The molecule has 0 aliphatic carbocycles. The summed E-state index contributed by atoms with van der Waals surface area (Å²) < 4.78 is 5.10. The van der Waals surface area contributed by atoms with Gasteiger partial charge in [0.25, 0.3) is 5.91 Å². The Balaban J connectivity index is 1.82. The van der Waals surface area contributed by atoms with Gasteiger partial charge in [0.1, 0.15) is 24.9 Å². The Morgan fingerprint density at radius 2 is 1.50 bits per heavy atom. The molecule has 0 radical (unpaired) electrons. The summed E-state index contributed by atoms with van der Waals surface area (Å²) in [7, 11) is 0. The zero-order chi connectivity index (χ0) is 26.8. The van der Waals surface area contributed by atoms with Crippen LogP contribution in [0.3, 0.4) is 0 Å². The van der Waals surface area contributed by atoms with Gasteiger partial charge < -0.3 is 30.5 Å². The van der Waals surface area contributed by atoms with E-state index in [-0.39, 0.29) is 6.54 Å². The van der Waals surface area contributed by atoms with Crippen molar-refractivity contribution in [3.05, 3.63) is 77.4 Å². The first-order valence-electron chi connectivity index (χ1n) is 12.0. The summed E-state index contributed by atoms with van der Waals surface area (Å²) in [6.45, 7) is 9.05. The van der Waals surface area contributed by atoms with Crippen molar-refractivity contribution >= 4 is 18.0 Å². The summed E-state index contributed by atoms with van der Waals surface area (Å²) in [5.41, 5.74) is 3.57. The molecule has 0 bridgehead atoms. The molecule has 1 unspecified atom stereocenters. The Labute approximate surface area is 212 Å². The summed E-state index contributed by atoms with van der Waals surface area (Å²) in [5.74, 6) is -1.63. The first-order chi connectivity index (χ1) is 17.0. The van der Waals surface area contributed by atoms with Crippen LogP contribution in [0.1, 0.15) is 48.9 Å². The van der Waals surface area contributed by atoms with E-state index in [9.17, 15) is 30.0 Å². The molecule has 8 heteroatoms. The molecule has 0 aliphatic heterocycles. The van der Waals surface area contributed by atoms with Crippen molar-refractivity contribution in [1.82, 2.24) is 5.32 Å². The topological polar surface area (TPSA) is 136 Å². The van der Waals surface area contributed by atoms with Crippen LogP contribution in [-0.4, -0.2) is 63.3 Å². The largest absolute Gasteiger partial charge is 0.462 e. The van der Waals surface area contributed by atoms with E-state index in [2.05, 4.69) is 25.7 Å². The summed E-state index contributed by atoms with van der Waals surface area (Å²) in [6.07, 6.45) is -5.01. The van der Waals surface area contributed by atoms with Crippen LogP contribution in [0.2, 0.25) is 0 Å². The number of carbonyl (C=O) groups is 2. The zero-order valence-electron chi connectivity index (χ0n) is 21.0. The van der Waals surface area contributed by atoms with Crippen molar-refractivity contribution in [3.8, 4) is 0 Å². The summed E-state index contributed by atoms with van der Waals surface area (Å²) in [4.78, 5) is 24.6. The van der Waals surface area contributed by atoms with E-state index in [0.717, 1.165) is 28.7 Å². The number of carbonyl (C=O) groups excluding carboxylic acids is 2. The lowest BCUT2D eigenvalue weighted by molar-refractivity contribution is -0.160. The van der Waals surface area contributed by atoms with Crippen LogP contribution in [0, 0.1) is 5.92 Å². The number of aliphatic hydroxyl groups excluding tert-OH is 4. The average molecular weight is 500 g/mol. The Hall–Kier alpha value is -3.04. The number of benzene rings is 2. The second kappa shape index (κ2) is 13.9. The Morgan fingerprint density at radius 1 is 0.917 bits per heavy atom. The van der Waals surface area contributed by atoms with Crippen LogP contribution in [0.15, 0.2) is 55.1 Å². The predicted octanol–water partition coefficient (Wildman–Crippen LogP) is 1.93. The van der Waals surface area contributed by atoms with Crippen LogP contribution < -0.4 is 5.32 Å². The second-order valence-electron chi connectivity index (χ2n) is 9.35. The van der Waals surface area contributed by atoms with Gasteiger partial charge in [-0.05, 0) is 41.5 Å². The highest BCUT2D eigenvalue weighted by molar-refractivity contribution is 5.81. The fourth-order valence-corrected chi connectivity index (χ4v) is 3.58. The molecule has 2 aromatic rings. The summed E-state index contributed by atoms with van der Waals surface area (Å²) in [6, 6.07) is 14.8. The van der Waals surface area contributed by atoms with Gasteiger partial charge in [-0.2, -0.15) is 0 Å². The highest BCUT2D eigenvalue weighted by Crippen LogP contribution is 2.19. The lowest BCUT2D eigenvalue weighted by Crippen LogP contribution is -2.51. The minimum atomic E-state index is -2.00. The molecule has 2 aromatic carbocycles. The smallest absolute Gasteiger partial charge is 0.313 e. The normalized spacial score (nSPS) is 15.4. The third kappa shape index (κ3) is 8.57. The van der Waals surface area contributed by atoms with Crippen molar-refractivity contribution in [1.29, 1.82) is 0 Å². The minimum Gasteiger partial charge on any atom is -0.462 e. The third-order valence-electron chi connectivity index (χ3n) is 5.89. The maximum atomic E-state index is 12.4. The number of esters is 1. The van der Waals surface area contributed by atoms with Crippen LogP contribution in [0.5, 0.6) is 0 Å². The van der Waals surface area contributed by atoms with Crippen molar-refractivity contribution < 1.29 is 34.8 Å². The Kier molecular flexibility index (Phi) is 11.3. The van der Waals surface area contributed by atoms with Gasteiger partial charge in [0.15, 0.2) is 6.10 Å². The highest BCUT2D eigenvalue weighted by Gasteiger charge is 2.35. The molecule has 5 atom stereocenters. The Morgan fingerprint density at radius 3 is 2.06 bits per heavy atom. The molecule has 0 heterocycles. The van der Waals surface area contributed by atoms with Crippen LogP contribution in [-0.2, 0) is 27.3 Å². The quantitative estimate of drug-likeness (QED) is 0.266. The summed E-state index contributed by atoms with van der Waals surface area (Å²) in [5, 5.41) is 43.1. The second-order valence-corrected chi connectivity index (χ2v) is 9.35. The standard InChI is InChI=1S/C28H37NO7/c1-5-19-6-8-21(9-7-19)15-29-27(34)26(33)25(32)24(31)23(30)16-36-28(35)18(4)22-12-10-20(11-13-22)14-17(2)3/h5-13,17-18,23-26,30-33H,1,14-16H2,2-4H3,(H,29,34)/t18?,23-,24+,25-,26-/m0/s1. The molecule has 0 fully saturated rings. The molecule has 196 valence electrons. The number of rotatable bonds is 13. The molecule has 8 nitrogen and oxygen atoms in total. The van der Waals surface area contributed by atoms with E-state index in [4.69, 9.17) is 4.74 Å². The first kappa shape index (κ1) is 29.2. The SMILES string of the molecule is C=Cc1ccc(CNC(=O)[C@@H](O)[C@@H](O)[C@H](O)[C@@H](O)COC(=O)C(C)c2ccc(CC(C)C)cc2)cc1. The highest BCUT2D eigenvalue weighted by atomic mass is 16.5. The number of ether oxygens (including phenoxy) is 1. The van der Waals surface area contributed by atoms with E-state index in [1.807, 2.05) is 36.4 Å². The van der Waals surface area contributed by atoms with Crippen LogP contribution in [0.25, 0.3) is 6.08 Å². The number of aliphatic hydroxyl groups is 4. The molecular formula is C28H37NO7. The number of hydrogen-bond donors (Lipinski definition) is 5. The number of nitrogens with one attached hydrogen (secondary N) is 1. The van der Waals surface area contributed by atoms with Gasteiger partial charge in [-0.25, -0.2) is 0 Å². The molecule has 36 heavy (non-hydrogen) atoms. The molecule has 0 saturated heterocycles. The van der Waals surface area contributed by atoms with Crippen LogP contribution >= 0.6 is 0 Å². The molecule has 0 aliphatic rings. The monoisotopic (exact) mass is 499 g/mol. The van der Waals surface area contributed by atoms with Crippen molar-refractivity contribution in [2.45, 2.75) is 64.1 Å². The van der Waals surface area contributed by atoms with Gasteiger partial charge in [0.05, 0.1) is 5.92 Å². The van der Waals surface area contributed by atoms with Crippen molar-refractivity contribution in [3.63, 3.8) is 0 Å². The molecule has 1 amide bonds. The van der Waals surface area contributed by atoms with E-state index >= 15 is 0 Å². The molecular weight excluding hydrogens is 462 g/mol. The fourth-order valence-electron chi connectivity index (χ4n) is 3.58. The lowest BCUT2D eigenvalue weighted by Gasteiger charge is -2.26. The molecule has 0 aromatic heterocycles. The van der Waals surface area contributed by atoms with Gasteiger partial charge in [-0.1, -0.05) is 75.0 Å². The van der Waals surface area contributed by atoms with Gasteiger partial charge >= 0.3 is 5.97 Å². The van der Waals surface area contributed by atoms with Gasteiger partial charge in [-0.15, -0.1) is 0 Å². The zero-order valence-corrected chi connectivity index (χ0v) is 21.0. The minimum absolute atomic E-state index is 0.0899. The van der Waals surface area contributed by atoms with Crippen LogP contribution in [0.4, 0.5) is 0 Å². The van der Waals surface area contributed by atoms with E-state index in [1.165, 1.54) is 0 Å². The summed E-state index contributed by atoms with van der Waals surface area (Å²) >= 11 is 0. The maximum absolute atomic E-state index is 12.4. The van der Waals surface area contributed by atoms with Gasteiger partial charge in [0.2, 0.25) is 0 Å². The molecule has 0 saturated carbocycles. The fraction of sp³-hybridized carbons (Fsp3) is 0.429. The van der Waals surface area contributed by atoms with Crippen molar-refractivity contribution in [2.24, 2.45) is 5.92 Å². The maximum Gasteiger partial charge on any atom is 0.313 e. The number of hydrogen-bond acceptors (Lipinski definition) is 7. The lowest BCUT2D eigenvalue weighted by atomic mass is 9.97. The third-order valence-corrected chi connectivity index (χ3v) is 5.89. The van der Waals surface area contributed by atoms with E-state index in [1.54, 1.807) is 25.1 Å². The van der Waals surface area contributed by atoms with Gasteiger partial charge in [0, 0.05) is 6.54 Å². The molecule has 5 N–H and O–H groups in total. The molecule has 0 spiro atoms.